The lowest BCUT2D eigenvalue weighted by atomic mass is 10.1. The standard InChI is InChI=1S/C28H41N5O6S/c1-20(2)33-23-9-8-21(25(34)29-10-7-11-31(13-12-29)27(36)39-28(3,4)5)18-22(23)19-24(33)26(35)30-14-16-32(17-15-30)40(6,37)38/h8-9,18-20H,7,10-17H2,1-6H3. The van der Waals surface area contributed by atoms with Gasteiger partial charge in [-0.15, -0.1) is 0 Å². The van der Waals surface area contributed by atoms with Crippen LogP contribution < -0.4 is 0 Å². The molecule has 0 spiro atoms. The summed E-state index contributed by atoms with van der Waals surface area (Å²) in [5, 5.41) is 0.794. The largest absolute Gasteiger partial charge is 0.444 e. The van der Waals surface area contributed by atoms with Gasteiger partial charge < -0.3 is 24.0 Å². The van der Waals surface area contributed by atoms with E-state index in [4.69, 9.17) is 4.74 Å². The maximum atomic E-state index is 13.5. The number of rotatable bonds is 4. The lowest BCUT2D eigenvalue weighted by Gasteiger charge is -2.33. The highest BCUT2D eigenvalue weighted by atomic mass is 32.2. The normalized spacial score (nSPS) is 17.8. The van der Waals surface area contributed by atoms with E-state index in [1.807, 2.05) is 57.4 Å². The molecule has 0 radical (unpaired) electrons. The molecule has 0 atom stereocenters. The van der Waals surface area contributed by atoms with Gasteiger partial charge in [0, 0.05) is 74.9 Å². The number of amides is 3. The summed E-state index contributed by atoms with van der Waals surface area (Å²) in [6, 6.07) is 7.32. The molecule has 1 aromatic heterocycles. The number of piperazine rings is 1. The SMILES string of the molecule is CC(C)n1c(C(=O)N2CCN(S(C)(=O)=O)CC2)cc2cc(C(=O)N3CCCN(C(=O)OC(C)(C)C)CC3)ccc21. The van der Waals surface area contributed by atoms with Crippen molar-refractivity contribution < 1.29 is 27.5 Å². The highest BCUT2D eigenvalue weighted by Gasteiger charge is 2.30. The Morgan fingerprint density at radius 1 is 0.825 bits per heavy atom. The first kappa shape index (κ1) is 29.9. The van der Waals surface area contributed by atoms with Crippen molar-refractivity contribution in [1.29, 1.82) is 0 Å². The maximum Gasteiger partial charge on any atom is 0.410 e. The van der Waals surface area contributed by atoms with Gasteiger partial charge in [0.25, 0.3) is 11.8 Å². The molecule has 12 heteroatoms. The third-order valence-corrected chi connectivity index (χ3v) is 8.55. The Morgan fingerprint density at radius 2 is 1.40 bits per heavy atom. The first-order valence-electron chi connectivity index (χ1n) is 13.8. The van der Waals surface area contributed by atoms with Gasteiger partial charge in [0.1, 0.15) is 11.3 Å². The van der Waals surface area contributed by atoms with E-state index in [9.17, 15) is 22.8 Å². The molecule has 0 aliphatic carbocycles. The van der Waals surface area contributed by atoms with Crippen molar-refractivity contribution in [1.82, 2.24) is 23.6 Å². The second-order valence-electron chi connectivity index (χ2n) is 11.8. The van der Waals surface area contributed by atoms with Gasteiger partial charge in [0.2, 0.25) is 10.0 Å². The summed E-state index contributed by atoms with van der Waals surface area (Å²) in [6.07, 6.45) is 1.47. The number of carbonyl (C=O) groups is 3. The summed E-state index contributed by atoms with van der Waals surface area (Å²) in [5.41, 5.74) is 1.33. The number of sulfonamides is 1. The summed E-state index contributed by atoms with van der Waals surface area (Å²) in [6.45, 7) is 12.6. The molecule has 2 aromatic rings. The van der Waals surface area contributed by atoms with Gasteiger partial charge in [-0.05, 0) is 65.3 Å². The van der Waals surface area contributed by atoms with Gasteiger partial charge in [-0.3, -0.25) is 9.59 Å². The summed E-state index contributed by atoms with van der Waals surface area (Å²) in [4.78, 5) is 44.6. The van der Waals surface area contributed by atoms with Crippen LogP contribution in [0.1, 0.15) is 67.9 Å². The van der Waals surface area contributed by atoms with Crippen LogP contribution >= 0.6 is 0 Å². The average molecular weight is 576 g/mol. The minimum Gasteiger partial charge on any atom is -0.444 e. The van der Waals surface area contributed by atoms with E-state index in [0.717, 1.165) is 10.9 Å². The van der Waals surface area contributed by atoms with Crippen LogP contribution in [-0.2, 0) is 14.8 Å². The van der Waals surface area contributed by atoms with Crippen LogP contribution in [0, 0.1) is 0 Å². The molecule has 2 aliphatic heterocycles. The van der Waals surface area contributed by atoms with Crippen LogP contribution in [0.4, 0.5) is 4.79 Å². The van der Waals surface area contributed by atoms with Gasteiger partial charge in [-0.25, -0.2) is 13.2 Å². The molecular formula is C28H41N5O6S. The van der Waals surface area contributed by atoms with E-state index in [1.165, 1.54) is 10.6 Å². The number of hydrogen-bond donors (Lipinski definition) is 0. The van der Waals surface area contributed by atoms with Crippen molar-refractivity contribution in [3.63, 3.8) is 0 Å². The number of ether oxygens (including phenoxy) is 1. The number of benzene rings is 1. The summed E-state index contributed by atoms with van der Waals surface area (Å²) in [7, 11) is -3.29. The van der Waals surface area contributed by atoms with E-state index in [2.05, 4.69) is 0 Å². The summed E-state index contributed by atoms with van der Waals surface area (Å²) in [5.74, 6) is -0.268. The molecular weight excluding hydrogens is 534 g/mol. The van der Waals surface area contributed by atoms with Gasteiger partial charge in [0.15, 0.2) is 0 Å². The minimum absolute atomic E-state index is 0.000228. The molecule has 0 N–H and O–H groups in total. The Labute approximate surface area is 236 Å². The Morgan fingerprint density at radius 3 is 2.00 bits per heavy atom. The molecule has 0 bridgehead atoms. The van der Waals surface area contributed by atoms with Gasteiger partial charge in [-0.1, -0.05) is 0 Å². The van der Waals surface area contributed by atoms with Crippen molar-refractivity contribution in [3.05, 3.63) is 35.5 Å². The monoisotopic (exact) mass is 575 g/mol. The maximum absolute atomic E-state index is 13.5. The van der Waals surface area contributed by atoms with E-state index in [1.54, 1.807) is 20.8 Å². The topological polar surface area (TPSA) is 112 Å². The zero-order chi connectivity index (χ0) is 29.4. The van der Waals surface area contributed by atoms with Crippen molar-refractivity contribution in [2.24, 2.45) is 0 Å². The molecule has 0 unspecified atom stereocenters. The van der Waals surface area contributed by atoms with Crippen LogP contribution in [-0.4, -0.2) is 114 Å². The fourth-order valence-electron chi connectivity index (χ4n) is 5.29. The van der Waals surface area contributed by atoms with Crippen LogP contribution in [0.5, 0.6) is 0 Å². The third-order valence-electron chi connectivity index (χ3n) is 7.25. The van der Waals surface area contributed by atoms with E-state index in [0.29, 0.717) is 56.9 Å². The predicted molar refractivity (Wildman–Crippen MR) is 153 cm³/mol. The molecule has 11 nitrogen and oxygen atoms in total. The Bertz CT molecular complexity index is 1390. The molecule has 3 amide bonds. The highest BCUT2D eigenvalue weighted by Crippen LogP contribution is 2.27. The summed E-state index contributed by atoms with van der Waals surface area (Å²) < 4.78 is 32.6. The van der Waals surface area contributed by atoms with Gasteiger partial charge in [-0.2, -0.15) is 4.31 Å². The molecule has 0 saturated carbocycles. The van der Waals surface area contributed by atoms with Crippen LogP contribution in [0.15, 0.2) is 24.3 Å². The first-order chi connectivity index (χ1) is 18.7. The van der Waals surface area contributed by atoms with E-state index in [-0.39, 0.29) is 37.0 Å². The lowest BCUT2D eigenvalue weighted by Crippen LogP contribution is -2.50. The second-order valence-corrected chi connectivity index (χ2v) is 13.8. The van der Waals surface area contributed by atoms with Crippen molar-refractivity contribution in [2.75, 3.05) is 58.6 Å². The molecule has 220 valence electrons. The highest BCUT2D eigenvalue weighted by molar-refractivity contribution is 7.88. The molecule has 2 fully saturated rings. The van der Waals surface area contributed by atoms with E-state index < -0.39 is 15.6 Å². The Kier molecular flexibility index (Phi) is 8.51. The summed E-state index contributed by atoms with van der Waals surface area (Å²) >= 11 is 0. The smallest absolute Gasteiger partial charge is 0.410 e. The molecule has 1 aromatic carbocycles. The molecule has 4 rings (SSSR count). The lowest BCUT2D eigenvalue weighted by molar-refractivity contribution is 0.0255. The number of fused-ring (bicyclic) bond motifs is 1. The van der Waals surface area contributed by atoms with Crippen molar-refractivity contribution in [3.8, 4) is 0 Å². The van der Waals surface area contributed by atoms with Gasteiger partial charge in [0.05, 0.1) is 6.26 Å². The number of carbonyl (C=O) groups excluding carboxylic acids is 3. The zero-order valence-corrected chi connectivity index (χ0v) is 25.2. The fraction of sp³-hybridized carbons (Fsp3) is 0.607. The predicted octanol–water partition coefficient (Wildman–Crippen LogP) is 3.02. The molecule has 40 heavy (non-hydrogen) atoms. The third kappa shape index (κ3) is 6.60. The first-order valence-corrected chi connectivity index (χ1v) is 15.7. The van der Waals surface area contributed by atoms with Crippen LogP contribution in [0.2, 0.25) is 0 Å². The average Bonchev–Trinajstić information content (AvgIpc) is 3.07. The van der Waals surface area contributed by atoms with Crippen LogP contribution in [0.3, 0.4) is 0 Å². The quantitative estimate of drug-likeness (QED) is 0.554. The van der Waals surface area contributed by atoms with Crippen LogP contribution in [0.25, 0.3) is 10.9 Å². The minimum atomic E-state index is -3.29. The molecule has 2 aliphatic rings. The fourth-order valence-corrected chi connectivity index (χ4v) is 6.11. The number of aromatic nitrogens is 1. The second kappa shape index (κ2) is 11.4. The van der Waals surface area contributed by atoms with Gasteiger partial charge >= 0.3 is 6.09 Å². The number of nitrogens with zero attached hydrogens (tertiary/aromatic N) is 5. The Balaban J connectivity index is 1.52. The molecule has 2 saturated heterocycles. The van der Waals surface area contributed by atoms with Crippen molar-refractivity contribution >= 4 is 38.8 Å². The van der Waals surface area contributed by atoms with E-state index >= 15 is 0 Å². The zero-order valence-electron chi connectivity index (χ0n) is 24.3. The molecule has 3 heterocycles. The Hall–Kier alpha value is -3.12. The van der Waals surface area contributed by atoms with Crippen molar-refractivity contribution in [2.45, 2.75) is 52.7 Å². The number of hydrogen-bond acceptors (Lipinski definition) is 6.